The minimum Gasteiger partial charge on any atom is -0.488 e. The lowest BCUT2D eigenvalue weighted by Crippen LogP contribution is -2.76. The fourth-order valence-electron chi connectivity index (χ4n) is 8.81. The fraction of sp³-hybridized carbons (Fsp3) is 0.417. The van der Waals surface area contributed by atoms with E-state index in [1.807, 2.05) is 12.1 Å². The molecule has 0 radical (unpaired) electrons. The summed E-state index contributed by atoms with van der Waals surface area (Å²) in [5.74, 6) is 0.186. The zero-order valence-electron chi connectivity index (χ0n) is 27.6. The van der Waals surface area contributed by atoms with Crippen LogP contribution in [-0.4, -0.2) is 48.5 Å². The average Bonchev–Trinajstić information content (AvgIpc) is 3.10. The summed E-state index contributed by atoms with van der Waals surface area (Å²) in [6, 6.07) is 14.3. The van der Waals surface area contributed by atoms with Crippen molar-refractivity contribution in [3.8, 4) is 5.75 Å². The molecule has 5 aliphatic rings. The van der Waals surface area contributed by atoms with E-state index in [4.69, 9.17) is 19.2 Å². The van der Waals surface area contributed by atoms with E-state index in [0.29, 0.717) is 57.7 Å². The smallest absolute Gasteiger partial charge is 0.294 e. The van der Waals surface area contributed by atoms with E-state index in [9.17, 15) is 38.5 Å². The molecule has 0 amide bonds. The highest BCUT2D eigenvalue weighted by Gasteiger charge is 2.76. The number of aliphatic hydroxyl groups is 1. The van der Waals surface area contributed by atoms with E-state index in [1.54, 1.807) is 43.5 Å². The lowest BCUT2D eigenvalue weighted by atomic mass is 9.47. The summed E-state index contributed by atoms with van der Waals surface area (Å²) in [5, 5.41) is 31.9. The molecule has 4 saturated carbocycles. The Kier molecular flexibility index (Phi) is 9.04. The van der Waals surface area contributed by atoms with Crippen molar-refractivity contribution in [2.24, 2.45) is 23.7 Å². The maximum absolute atomic E-state index is 13.2. The van der Waals surface area contributed by atoms with Gasteiger partial charge in [0.1, 0.15) is 23.9 Å². The molecule has 3 aromatic rings. The van der Waals surface area contributed by atoms with Crippen molar-refractivity contribution in [2.45, 2.75) is 60.7 Å². The van der Waals surface area contributed by atoms with Gasteiger partial charge in [-0.3, -0.25) is 25.0 Å². The monoisotopic (exact) mass is 720 g/mol. The molecule has 15 heteroatoms. The first-order valence-corrected chi connectivity index (χ1v) is 18.3. The third kappa shape index (κ3) is 6.02. The van der Waals surface area contributed by atoms with Gasteiger partial charge in [-0.05, 0) is 91.2 Å². The average molecular weight is 721 g/mol. The van der Waals surface area contributed by atoms with Crippen molar-refractivity contribution < 1.29 is 47.4 Å². The molecule has 0 aromatic heterocycles. The Labute approximate surface area is 293 Å². The van der Waals surface area contributed by atoms with E-state index in [0.717, 1.165) is 37.8 Å². The van der Waals surface area contributed by atoms with Crippen LogP contribution in [0.4, 0.5) is 11.4 Å². The molecule has 1 aliphatic heterocycles. The van der Waals surface area contributed by atoms with E-state index < -0.39 is 65.5 Å². The number of carbonyl (C=O) groups is 1. The Bertz CT molecular complexity index is 2000. The summed E-state index contributed by atoms with van der Waals surface area (Å²) in [6.07, 6.45) is 8.36. The number of ether oxygens (including phenoxy) is 2. The third-order valence-electron chi connectivity index (χ3n) is 10.9. The molecular weight excluding hydrogens is 684 g/mol. The fourth-order valence-corrected chi connectivity index (χ4v) is 10.3. The number of nitro groups is 2. The molecule has 4 aliphatic carbocycles. The second kappa shape index (κ2) is 13.2. The van der Waals surface area contributed by atoms with E-state index in [2.05, 4.69) is 0 Å². The molecule has 5 fully saturated rings. The second-order valence-electron chi connectivity index (χ2n) is 13.8. The van der Waals surface area contributed by atoms with Crippen molar-refractivity contribution in [3.05, 3.63) is 109 Å². The van der Waals surface area contributed by atoms with Crippen LogP contribution >= 0.6 is 0 Å². The van der Waals surface area contributed by atoms with Crippen LogP contribution in [0.5, 0.6) is 5.75 Å². The molecule has 1 atom stereocenters. The van der Waals surface area contributed by atoms with Crippen LogP contribution in [0.25, 0.3) is 6.08 Å². The van der Waals surface area contributed by atoms with Gasteiger partial charge in [-0.15, -0.1) is 0 Å². The predicted octanol–water partition coefficient (Wildman–Crippen LogP) is 5.59. The third-order valence-corrected chi connectivity index (χ3v) is 12.6. The maximum Gasteiger partial charge on any atom is 0.294 e. The van der Waals surface area contributed by atoms with Gasteiger partial charge in [0.05, 0.1) is 21.7 Å². The highest BCUT2D eigenvalue weighted by molar-refractivity contribution is 7.90. The molecule has 8 rings (SSSR count). The number of rotatable bonds is 13. The summed E-state index contributed by atoms with van der Waals surface area (Å²) in [7, 11) is -2.62. The van der Waals surface area contributed by atoms with Gasteiger partial charge in [0.25, 0.3) is 17.2 Å². The number of nitrogens with zero attached hydrogens (tertiary/aromatic N) is 2. The van der Waals surface area contributed by atoms with E-state index >= 15 is 0 Å². The molecule has 14 nitrogen and oxygen atoms in total. The van der Waals surface area contributed by atoms with Crippen LogP contribution in [0.15, 0.2) is 71.6 Å². The largest absolute Gasteiger partial charge is 0.488 e. The van der Waals surface area contributed by atoms with Crippen molar-refractivity contribution in [1.82, 2.24) is 0 Å². The molecular formula is C36H36N2O12S. The molecule has 268 valence electrons. The number of sulfone groups is 1. The zero-order valence-corrected chi connectivity index (χ0v) is 28.5. The Morgan fingerprint density at radius 2 is 1.59 bits per heavy atom. The number of methoxy groups -OCH3 is 1. The highest BCUT2D eigenvalue weighted by atomic mass is 32.2. The van der Waals surface area contributed by atoms with Gasteiger partial charge in [-0.2, -0.15) is 4.89 Å². The van der Waals surface area contributed by atoms with Crippen LogP contribution in [-0.2, 0) is 47.3 Å². The first-order chi connectivity index (χ1) is 24.4. The normalized spacial score (nSPS) is 27.8. The van der Waals surface area contributed by atoms with Crippen molar-refractivity contribution in [2.75, 3.05) is 13.7 Å². The lowest BCUT2D eigenvalue weighted by molar-refractivity contribution is -0.645. The van der Waals surface area contributed by atoms with Gasteiger partial charge < -0.3 is 14.6 Å². The number of ketones is 1. The molecule has 1 unspecified atom stereocenters. The summed E-state index contributed by atoms with van der Waals surface area (Å²) >= 11 is 0. The molecule has 51 heavy (non-hydrogen) atoms. The first-order valence-electron chi connectivity index (χ1n) is 16.6. The Balaban J connectivity index is 1.12. The molecule has 1 heterocycles. The number of carbonyl (C=O) groups excluding carboxylic acids is 1. The molecule has 1 saturated heterocycles. The lowest BCUT2D eigenvalue weighted by Gasteiger charge is -2.68. The van der Waals surface area contributed by atoms with Gasteiger partial charge in [0.15, 0.2) is 21.2 Å². The quantitative estimate of drug-likeness (QED) is 0.0997. The minimum absolute atomic E-state index is 0.0518. The van der Waals surface area contributed by atoms with E-state index in [-0.39, 0.29) is 6.61 Å². The van der Waals surface area contributed by atoms with Crippen LogP contribution in [0.2, 0.25) is 0 Å². The van der Waals surface area contributed by atoms with Crippen LogP contribution in [0.1, 0.15) is 54.4 Å². The van der Waals surface area contributed by atoms with Gasteiger partial charge in [-0.1, -0.05) is 36.4 Å². The number of benzene rings is 3. The van der Waals surface area contributed by atoms with Gasteiger partial charge >= 0.3 is 0 Å². The minimum atomic E-state index is -4.24. The first kappa shape index (κ1) is 34.9. The summed E-state index contributed by atoms with van der Waals surface area (Å²) in [6.45, 7) is -0.591. The summed E-state index contributed by atoms with van der Waals surface area (Å²) in [5.41, 5.74) is 0.208. The van der Waals surface area contributed by atoms with Crippen LogP contribution < -0.4 is 4.74 Å². The molecule has 4 bridgehead atoms. The standard InChI is InChI=1S/C36H36N2O12S/c1-47-36(35(49-50-36)28-13-24-12-25(15-28)16-29(35)14-24)27-8-6-26(7-10-31(40)19-39)33(17-27)48-20-22-2-4-23(5-3-22)21-51(45,46)34-11-9-30(37(41)42)18-32(34)38(43)44/h2-11,17-18,24-25,28-29,39H,12-16,19-21H2,1H3/b10-7+. The number of hydrogen-bond donors (Lipinski definition) is 1. The van der Waals surface area contributed by atoms with Gasteiger partial charge in [-0.25, -0.2) is 13.3 Å². The Hall–Kier alpha value is -4.54. The van der Waals surface area contributed by atoms with Crippen molar-refractivity contribution in [1.29, 1.82) is 0 Å². The number of nitro benzene ring substituents is 2. The van der Waals surface area contributed by atoms with Gasteiger partial charge in [0, 0.05) is 24.3 Å². The molecule has 1 spiro atoms. The van der Waals surface area contributed by atoms with E-state index in [1.165, 1.54) is 12.5 Å². The Morgan fingerprint density at radius 1 is 0.922 bits per heavy atom. The molecule has 3 aromatic carbocycles. The summed E-state index contributed by atoms with van der Waals surface area (Å²) in [4.78, 5) is 44.2. The molecule has 1 N–H and O–H groups in total. The maximum atomic E-state index is 13.2. The Morgan fingerprint density at radius 3 is 2.16 bits per heavy atom. The topological polar surface area (TPSA) is 195 Å². The predicted molar refractivity (Wildman–Crippen MR) is 180 cm³/mol. The van der Waals surface area contributed by atoms with Gasteiger partial charge in [0.2, 0.25) is 0 Å². The highest BCUT2D eigenvalue weighted by Crippen LogP contribution is 2.69. The number of non-ortho nitro benzene ring substituents is 1. The zero-order chi connectivity index (χ0) is 36.1. The van der Waals surface area contributed by atoms with Crippen LogP contribution in [0, 0.1) is 43.9 Å². The number of hydrogen-bond acceptors (Lipinski definition) is 12. The SMILES string of the molecule is COC1(c2ccc(/C=C/C(=O)CO)c(OCc3ccc(CS(=O)(=O)c4ccc([N+](=O)[O-])cc4[N+](=O)[O-])cc3)c2)OOC12C1CC3CC(C1)CC2C3. The number of aliphatic hydroxyl groups excluding tert-OH is 1. The second-order valence-corrected chi connectivity index (χ2v) is 15.8. The van der Waals surface area contributed by atoms with Crippen molar-refractivity contribution >= 4 is 33.1 Å². The van der Waals surface area contributed by atoms with Crippen molar-refractivity contribution in [3.63, 3.8) is 0 Å². The summed E-state index contributed by atoms with van der Waals surface area (Å²) < 4.78 is 38.8. The van der Waals surface area contributed by atoms with Crippen LogP contribution in [0.3, 0.4) is 0 Å².